The molecule has 1 amide bonds. The Morgan fingerprint density at radius 3 is 2.67 bits per heavy atom. The lowest BCUT2D eigenvalue weighted by Gasteiger charge is -2.22. The monoisotopic (exact) mass is 246 g/mol. The molecule has 1 fully saturated rings. The molecule has 1 heterocycles. The number of rotatable bonds is 4. The van der Waals surface area contributed by atoms with E-state index in [-0.39, 0.29) is 23.8 Å². The van der Waals surface area contributed by atoms with Crippen molar-refractivity contribution in [2.75, 3.05) is 11.5 Å². The van der Waals surface area contributed by atoms with Crippen LogP contribution in [-0.2, 0) is 4.79 Å². The molecule has 0 spiro atoms. The lowest BCUT2D eigenvalue weighted by molar-refractivity contribution is -0.124. The number of amides is 1. The number of nitrogens with two attached hydrogens (primary N) is 1. The van der Waals surface area contributed by atoms with Crippen LogP contribution in [0.25, 0.3) is 0 Å². The van der Waals surface area contributed by atoms with Crippen LogP contribution in [0.3, 0.4) is 0 Å². The van der Waals surface area contributed by atoms with Crippen molar-refractivity contribution in [2.45, 2.75) is 26.3 Å². The van der Waals surface area contributed by atoms with Gasteiger partial charge in [-0.3, -0.25) is 4.79 Å². The number of carbonyl (C=O) groups is 1. The third-order valence-corrected chi connectivity index (χ3v) is 3.99. The summed E-state index contributed by atoms with van der Waals surface area (Å²) >= 11 is 6.77. The summed E-state index contributed by atoms with van der Waals surface area (Å²) in [4.78, 5) is 12.2. The molecule has 0 saturated carbocycles. The van der Waals surface area contributed by atoms with Gasteiger partial charge in [0.15, 0.2) is 0 Å². The van der Waals surface area contributed by atoms with Crippen LogP contribution in [0.15, 0.2) is 0 Å². The minimum Gasteiger partial charge on any atom is -0.392 e. The van der Waals surface area contributed by atoms with E-state index in [1.807, 2.05) is 25.6 Å². The van der Waals surface area contributed by atoms with Crippen molar-refractivity contribution >= 4 is 34.9 Å². The normalized spacial score (nSPS) is 22.7. The fraction of sp³-hybridized carbons (Fsp3) is 0.800. The lowest BCUT2D eigenvalue weighted by Crippen LogP contribution is -2.48. The molecule has 1 aliphatic heterocycles. The van der Waals surface area contributed by atoms with Crippen molar-refractivity contribution in [1.29, 1.82) is 0 Å². The van der Waals surface area contributed by atoms with Gasteiger partial charge in [-0.05, 0) is 18.1 Å². The molecular weight excluding hydrogens is 228 g/mol. The highest BCUT2D eigenvalue weighted by Crippen LogP contribution is 2.23. The summed E-state index contributed by atoms with van der Waals surface area (Å²) in [6, 6.07) is -0.168. The third kappa shape index (κ3) is 3.65. The van der Waals surface area contributed by atoms with Crippen LogP contribution in [0, 0.1) is 11.8 Å². The number of nitrogens with one attached hydrogen (secondary N) is 1. The van der Waals surface area contributed by atoms with Gasteiger partial charge in [0.2, 0.25) is 5.91 Å². The molecule has 0 aromatic rings. The smallest absolute Gasteiger partial charge is 0.224 e. The van der Waals surface area contributed by atoms with E-state index in [2.05, 4.69) is 5.32 Å². The van der Waals surface area contributed by atoms with Crippen LogP contribution in [0.2, 0.25) is 0 Å². The second kappa shape index (κ2) is 5.70. The van der Waals surface area contributed by atoms with Gasteiger partial charge < -0.3 is 11.1 Å². The standard InChI is InChI=1S/C10H18N2OS2/c1-6(2)8(9(11)14)12-10(13)7-3-4-15-5-7/h6-8H,3-5H2,1-2H3,(H2,11,14)(H,12,13). The van der Waals surface area contributed by atoms with E-state index in [1.165, 1.54) is 0 Å². The van der Waals surface area contributed by atoms with Gasteiger partial charge in [-0.15, -0.1) is 0 Å². The number of carbonyl (C=O) groups excluding carboxylic acids is 1. The Balaban J connectivity index is 2.50. The molecule has 0 aromatic heterocycles. The van der Waals surface area contributed by atoms with Crippen LogP contribution in [0.4, 0.5) is 0 Å². The molecule has 1 saturated heterocycles. The van der Waals surface area contributed by atoms with Crippen molar-refractivity contribution < 1.29 is 4.79 Å². The number of hydrogen-bond acceptors (Lipinski definition) is 3. The number of thioether (sulfide) groups is 1. The van der Waals surface area contributed by atoms with Crippen LogP contribution in [-0.4, -0.2) is 28.4 Å². The summed E-state index contributed by atoms with van der Waals surface area (Å²) in [5, 5.41) is 2.94. The van der Waals surface area contributed by atoms with E-state index in [0.717, 1.165) is 17.9 Å². The van der Waals surface area contributed by atoms with Gasteiger partial charge in [0.1, 0.15) is 0 Å². The zero-order valence-corrected chi connectivity index (χ0v) is 10.8. The first-order chi connectivity index (χ1) is 7.02. The second-order valence-corrected chi connectivity index (χ2v) is 5.81. The van der Waals surface area contributed by atoms with E-state index < -0.39 is 0 Å². The van der Waals surface area contributed by atoms with Crippen LogP contribution >= 0.6 is 24.0 Å². The van der Waals surface area contributed by atoms with Crippen molar-refractivity contribution in [2.24, 2.45) is 17.6 Å². The Morgan fingerprint density at radius 2 is 2.27 bits per heavy atom. The van der Waals surface area contributed by atoms with Crippen molar-refractivity contribution in [1.82, 2.24) is 5.32 Å². The summed E-state index contributed by atoms with van der Waals surface area (Å²) in [6.07, 6.45) is 0.971. The molecule has 86 valence electrons. The molecule has 0 bridgehead atoms. The Morgan fingerprint density at radius 1 is 1.60 bits per heavy atom. The molecule has 3 nitrogen and oxygen atoms in total. The number of hydrogen-bond donors (Lipinski definition) is 2. The second-order valence-electron chi connectivity index (χ2n) is 4.19. The summed E-state index contributed by atoms with van der Waals surface area (Å²) in [7, 11) is 0. The van der Waals surface area contributed by atoms with Gasteiger partial charge in [-0.2, -0.15) is 11.8 Å². The molecule has 0 radical (unpaired) electrons. The van der Waals surface area contributed by atoms with Gasteiger partial charge >= 0.3 is 0 Å². The molecule has 1 aliphatic rings. The summed E-state index contributed by atoms with van der Waals surface area (Å²) in [6.45, 7) is 4.01. The van der Waals surface area contributed by atoms with E-state index in [1.54, 1.807) is 0 Å². The zero-order chi connectivity index (χ0) is 11.4. The largest absolute Gasteiger partial charge is 0.392 e. The van der Waals surface area contributed by atoms with Crippen molar-refractivity contribution in [3.8, 4) is 0 Å². The average Bonchev–Trinajstić information content (AvgIpc) is 2.65. The Bertz CT molecular complexity index is 250. The van der Waals surface area contributed by atoms with Crippen LogP contribution < -0.4 is 11.1 Å². The molecule has 2 atom stereocenters. The zero-order valence-electron chi connectivity index (χ0n) is 9.16. The van der Waals surface area contributed by atoms with E-state index in [0.29, 0.717) is 4.99 Å². The van der Waals surface area contributed by atoms with Crippen molar-refractivity contribution in [3.05, 3.63) is 0 Å². The maximum Gasteiger partial charge on any atom is 0.224 e. The fourth-order valence-electron chi connectivity index (χ4n) is 1.58. The topological polar surface area (TPSA) is 55.1 Å². The highest BCUT2D eigenvalue weighted by atomic mass is 32.2. The molecule has 3 N–H and O–H groups in total. The highest BCUT2D eigenvalue weighted by Gasteiger charge is 2.26. The maximum atomic E-state index is 11.8. The Hall–Kier alpha value is -0.290. The molecule has 2 unspecified atom stereocenters. The van der Waals surface area contributed by atoms with Crippen LogP contribution in [0.1, 0.15) is 20.3 Å². The minimum atomic E-state index is -0.168. The average molecular weight is 246 g/mol. The van der Waals surface area contributed by atoms with Gasteiger partial charge in [-0.1, -0.05) is 26.1 Å². The first kappa shape index (κ1) is 12.8. The van der Waals surface area contributed by atoms with Gasteiger partial charge in [-0.25, -0.2) is 0 Å². The van der Waals surface area contributed by atoms with Crippen LogP contribution in [0.5, 0.6) is 0 Å². The third-order valence-electron chi connectivity index (χ3n) is 2.57. The maximum absolute atomic E-state index is 11.8. The predicted molar refractivity (Wildman–Crippen MR) is 69.0 cm³/mol. The van der Waals surface area contributed by atoms with Gasteiger partial charge in [0.05, 0.1) is 11.0 Å². The molecule has 0 aromatic carbocycles. The van der Waals surface area contributed by atoms with Gasteiger partial charge in [0, 0.05) is 11.7 Å². The molecule has 5 heteroatoms. The van der Waals surface area contributed by atoms with E-state index in [4.69, 9.17) is 18.0 Å². The molecule has 1 rings (SSSR count). The van der Waals surface area contributed by atoms with E-state index >= 15 is 0 Å². The fourth-order valence-corrected chi connectivity index (χ4v) is 3.13. The first-order valence-electron chi connectivity index (χ1n) is 5.19. The lowest BCUT2D eigenvalue weighted by atomic mass is 10.0. The minimum absolute atomic E-state index is 0.103. The first-order valence-corrected chi connectivity index (χ1v) is 6.76. The quantitative estimate of drug-likeness (QED) is 0.731. The molecule has 15 heavy (non-hydrogen) atoms. The molecule has 0 aliphatic carbocycles. The Labute approximate surface area is 101 Å². The van der Waals surface area contributed by atoms with E-state index in [9.17, 15) is 4.79 Å². The Kier molecular flexibility index (Phi) is 4.86. The molecular formula is C10H18N2OS2. The SMILES string of the molecule is CC(C)C(NC(=O)C1CCSC1)C(N)=S. The number of thiocarbonyl (C=S) groups is 1. The highest BCUT2D eigenvalue weighted by molar-refractivity contribution is 7.99. The van der Waals surface area contributed by atoms with Crippen molar-refractivity contribution in [3.63, 3.8) is 0 Å². The summed E-state index contributed by atoms with van der Waals surface area (Å²) in [5.41, 5.74) is 5.60. The van der Waals surface area contributed by atoms with Gasteiger partial charge in [0.25, 0.3) is 0 Å². The summed E-state index contributed by atoms with van der Waals surface area (Å²) in [5.74, 6) is 2.50. The summed E-state index contributed by atoms with van der Waals surface area (Å²) < 4.78 is 0. The predicted octanol–water partition coefficient (Wildman–Crippen LogP) is 1.17.